The van der Waals surface area contributed by atoms with Crippen LogP contribution < -0.4 is 0 Å². The molecule has 1 aromatic carbocycles. The first-order chi connectivity index (χ1) is 6.75. The van der Waals surface area contributed by atoms with Crippen molar-refractivity contribution in [2.45, 2.75) is 13.5 Å². The maximum absolute atomic E-state index is 12.9. The van der Waals surface area contributed by atoms with Crippen LogP contribution in [0, 0.1) is 12.7 Å². The van der Waals surface area contributed by atoms with Gasteiger partial charge in [-0.3, -0.25) is 0 Å². The van der Waals surface area contributed by atoms with Crippen LogP contribution in [0.3, 0.4) is 0 Å². The summed E-state index contributed by atoms with van der Waals surface area (Å²) in [6.07, 6.45) is 3.36. The molecule has 1 aromatic heterocycles. The Balaban J connectivity index is 2.28. The van der Waals surface area contributed by atoms with Crippen LogP contribution in [0.25, 0.3) is 0 Å². The van der Waals surface area contributed by atoms with E-state index in [2.05, 4.69) is 10.3 Å². The van der Waals surface area contributed by atoms with Crippen LogP contribution in [0.4, 0.5) is 4.39 Å². The van der Waals surface area contributed by atoms with E-state index in [-0.39, 0.29) is 5.82 Å². The first-order valence-corrected chi connectivity index (χ1v) is 4.35. The number of hydrogen-bond acceptors (Lipinski definition) is 2. The van der Waals surface area contributed by atoms with E-state index in [0.717, 1.165) is 11.1 Å². The molecule has 4 heteroatoms. The molecule has 3 nitrogen and oxygen atoms in total. The van der Waals surface area contributed by atoms with Crippen molar-refractivity contribution in [2.75, 3.05) is 0 Å². The Morgan fingerprint density at radius 1 is 1.43 bits per heavy atom. The molecule has 0 spiro atoms. The molecule has 0 aliphatic carbocycles. The molecule has 0 N–H and O–H groups in total. The van der Waals surface area contributed by atoms with Gasteiger partial charge in [-0.2, -0.15) is 0 Å². The van der Waals surface area contributed by atoms with Gasteiger partial charge in [0.25, 0.3) is 0 Å². The molecule has 0 atom stereocenters. The average molecular weight is 191 g/mol. The minimum absolute atomic E-state index is 0.217. The Bertz CT molecular complexity index is 423. The fraction of sp³-hybridized carbons (Fsp3) is 0.200. The second kappa shape index (κ2) is 3.57. The van der Waals surface area contributed by atoms with Crippen molar-refractivity contribution < 1.29 is 4.39 Å². The van der Waals surface area contributed by atoms with E-state index < -0.39 is 0 Å². The largest absolute Gasteiger partial charge is 0.248 e. The van der Waals surface area contributed by atoms with Gasteiger partial charge in [-0.1, -0.05) is 11.3 Å². The maximum Gasteiger partial charge on any atom is 0.123 e. The van der Waals surface area contributed by atoms with Crippen LogP contribution in [0.2, 0.25) is 0 Å². The van der Waals surface area contributed by atoms with Crippen LogP contribution in [0.1, 0.15) is 11.1 Å². The molecule has 14 heavy (non-hydrogen) atoms. The van der Waals surface area contributed by atoms with Gasteiger partial charge >= 0.3 is 0 Å². The molecule has 0 aliphatic heterocycles. The van der Waals surface area contributed by atoms with Gasteiger partial charge in [0.2, 0.25) is 0 Å². The van der Waals surface area contributed by atoms with Gasteiger partial charge in [0.15, 0.2) is 0 Å². The van der Waals surface area contributed by atoms with Crippen molar-refractivity contribution in [3.63, 3.8) is 0 Å². The Hall–Kier alpha value is -1.71. The standard InChI is InChI=1S/C10H10FN3/c1-8-2-3-10(11)6-9(8)7-14-5-4-12-13-14/h2-6H,7H2,1H3. The maximum atomic E-state index is 12.9. The first-order valence-electron chi connectivity index (χ1n) is 4.35. The zero-order valence-electron chi connectivity index (χ0n) is 7.81. The van der Waals surface area contributed by atoms with Crippen LogP contribution in [-0.4, -0.2) is 15.0 Å². The van der Waals surface area contributed by atoms with Gasteiger partial charge in [0, 0.05) is 6.20 Å². The highest BCUT2D eigenvalue weighted by Crippen LogP contribution is 2.10. The average Bonchev–Trinajstić information content (AvgIpc) is 2.64. The normalized spacial score (nSPS) is 10.4. The van der Waals surface area contributed by atoms with Crippen molar-refractivity contribution in [1.82, 2.24) is 15.0 Å². The molecule has 0 amide bonds. The summed E-state index contributed by atoms with van der Waals surface area (Å²) in [7, 11) is 0. The van der Waals surface area contributed by atoms with Gasteiger partial charge in [0.05, 0.1) is 12.7 Å². The topological polar surface area (TPSA) is 30.7 Å². The number of hydrogen-bond donors (Lipinski definition) is 0. The van der Waals surface area contributed by atoms with E-state index in [1.807, 2.05) is 6.92 Å². The lowest BCUT2D eigenvalue weighted by Gasteiger charge is -2.04. The Kier molecular flexibility index (Phi) is 2.26. The van der Waals surface area contributed by atoms with Crippen LogP contribution >= 0.6 is 0 Å². The zero-order chi connectivity index (χ0) is 9.97. The Labute approximate surface area is 81.2 Å². The van der Waals surface area contributed by atoms with Gasteiger partial charge in [-0.25, -0.2) is 9.07 Å². The molecule has 0 radical (unpaired) electrons. The predicted molar refractivity (Wildman–Crippen MR) is 50.3 cm³/mol. The number of aryl methyl sites for hydroxylation is 1. The Morgan fingerprint density at radius 3 is 3.00 bits per heavy atom. The fourth-order valence-electron chi connectivity index (χ4n) is 1.30. The lowest BCUT2D eigenvalue weighted by atomic mass is 10.1. The third-order valence-electron chi connectivity index (χ3n) is 2.12. The molecule has 72 valence electrons. The summed E-state index contributed by atoms with van der Waals surface area (Å²) < 4.78 is 14.6. The first kappa shape index (κ1) is 8.87. The zero-order valence-corrected chi connectivity index (χ0v) is 7.81. The van der Waals surface area contributed by atoms with Gasteiger partial charge in [-0.15, -0.1) is 5.10 Å². The number of benzene rings is 1. The summed E-state index contributed by atoms with van der Waals surface area (Å²) in [5, 5.41) is 7.52. The van der Waals surface area contributed by atoms with Crippen LogP contribution in [0.15, 0.2) is 30.6 Å². The predicted octanol–water partition coefficient (Wildman–Crippen LogP) is 1.77. The molecule has 0 fully saturated rings. The molecule has 0 saturated carbocycles. The summed E-state index contributed by atoms with van der Waals surface area (Å²) in [6, 6.07) is 4.75. The second-order valence-corrected chi connectivity index (χ2v) is 3.17. The van der Waals surface area contributed by atoms with Gasteiger partial charge in [-0.05, 0) is 30.2 Å². The summed E-state index contributed by atoms with van der Waals surface area (Å²) in [4.78, 5) is 0. The van der Waals surface area contributed by atoms with E-state index in [1.165, 1.54) is 12.1 Å². The van der Waals surface area contributed by atoms with Crippen molar-refractivity contribution in [1.29, 1.82) is 0 Å². The number of aromatic nitrogens is 3. The van der Waals surface area contributed by atoms with E-state index >= 15 is 0 Å². The van der Waals surface area contributed by atoms with E-state index in [0.29, 0.717) is 6.54 Å². The highest BCUT2D eigenvalue weighted by Gasteiger charge is 2.01. The SMILES string of the molecule is Cc1ccc(F)cc1Cn1ccnn1. The third-order valence-corrected chi connectivity index (χ3v) is 2.12. The fourth-order valence-corrected chi connectivity index (χ4v) is 1.30. The van der Waals surface area contributed by atoms with Crippen molar-refractivity contribution in [2.24, 2.45) is 0 Å². The Morgan fingerprint density at radius 2 is 2.29 bits per heavy atom. The van der Waals surface area contributed by atoms with Gasteiger partial charge in [0.1, 0.15) is 5.82 Å². The molecule has 0 saturated heterocycles. The summed E-state index contributed by atoms with van der Waals surface area (Å²) in [5.41, 5.74) is 1.98. The van der Waals surface area contributed by atoms with Crippen molar-refractivity contribution in [3.05, 3.63) is 47.5 Å². The smallest absolute Gasteiger partial charge is 0.123 e. The number of rotatable bonds is 2. The quantitative estimate of drug-likeness (QED) is 0.724. The summed E-state index contributed by atoms with van der Waals surface area (Å²) in [5.74, 6) is -0.217. The minimum atomic E-state index is -0.217. The monoisotopic (exact) mass is 191 g/mol. The van der Waals surface area contributed by atoms with E-state index in [9.17, 15) is 4.39 Å². The third kappa shape index (κ3) is 1.79. The second-order valence-electron chi connectivity index (χ2n) is 3.17. The molecular formula is C10H10FN3. The van der Waals surface area contributed by atoms with Crippen molar-refractivity contribution in [3.8, 4) is 0 Å². The molecule has 0 unspecified atom stereocenters. The number of nitrogens with zero attached hydrogens (tertiary/aromatic N) is 3. The van der Waals surface area contributed by atoms with Crippen molar-refractivity contribution >= 4 is 0 Å². The molecule has 0 aliphatic rings. The molecule has 1 heterocycles. The lowest BCUT2D eigenvalue weighted by Crippen LogP contribution is -2.02. The minimum Gasteiger partial charge on any atom is -0.248 e. The lowest BCUT2D eigenvalue weighted by molar-refractivity contribution is 0.612. The molecular weight excluding hydrogens is 181 g/mol. The van der Waals surface area contributed by atoms with Gasteiger partial charge < -0.3 is 0 Å². The summed E-state index contributed by atoms with van der Waals surface area (Å²) >= 11 is 0. The highest BCUT2D eigenvalue weighted by molar-refractivity contribution is 5.26. The molecule has 0 bridgehead atoms. The molecule has 2 rings (SSSR count). The summed E-state index contributed by atoms with van der Waals surface area (Å²) in [6.45, 7) is 2.51. The molecule has 2 aromatic rings. The van der Waals surface area contributed by atoms with Crippen LogP contribution in [0.5, 0.6) is 0 Å². The van der Waals surface area contributed by atoms with Crippen LogP contribution in [-0.2, 0) is 6.54 Å². The highest BCUT2D eigenvalue weighted by atomic mass is 19.1. The van der Waals surface area contributed by atoms with E-state index in [1.54, 1.807) is 23.1 Å². The number of halogens is 1. The van der Waals surface area contributed by atoms with E-state index in [4.69, 9.17) is 0 Å².